The molecule has 0 bridgehead atoms. The number of rotatable bonds is 7. The van der Waals surface area contributed by atoms with Gasteiger partial charge in [-0.3, -0.25) is 4.79 Å². The number of hydrogen-bond acceptors (Lipinski definition) is 15. The number of phenolic OH excluding ortho intramolecular Hbond substituents is 6. The summed E-state index contributed by atoms with van der Waals surface area (Å²) in [4.78, 5) is 26.9. The smallest absolute Gasteiger partial charge is 0.338 e. The molecule has 0 saturated heterocycles. The van der Waals surface area contributed by atoms with Crippen LogP contribution in [0, 0.1) is 5.92 Å². The molecule has 5 atom stereocenters. The monoisotopic (exact) mass is 628 g/mol. The summed E-state index contributed by atoms with van der Waals surface area (Å²) in [6.45, 7) is -0.649. The molecule has 1 heterocycles. The van der Waals surface area contributed by atoms with Gasteiger partial charge in [-0.1, -0.05) is 0 Å². The first-order valence-electron chi connectivity index (χ1n) is 13.3. The van der Waals surface area contributed by atoms with Gasteiger partial charge in [-0.05, 0) is 36.8 Å². The second kappa shape index (κ2) is 12.0. The quantitative estimate of drug-likeness (QED) is 0.104. The van der Waals surface area contributed by atoms with Crippen molar-refractivity contribution in [2.75, 3.05) is 13.7 Å². The summed E-state index contributed by atoms with van der Waals surface area (Å²) >= 11 is 0. The van der Waals surface area contributed by atoms with Gasteiger partial charge in [0, 0.05) is 30.2 Å². The molecule has 1 fully saturated rings. The Morgan fingerprint density at radius 3 is 2.18 bits per heavy atom. The van der Waals surface area contributed by atoms with E-state index in [0.717, 1.165) is 36.4 Å². The molecule has 4 aromatic rings. The van der Waals surface area contributed by atoms with Gasteiger partial charge in [0.15, 0.2) is 34.9 Å². The summed E-state index contributed by atoms with van der Waals surface area (Å²) in [5.74, 6) is -7.00. The van der Waals surface area contributed by atoms with Gasteiger partial charge in [0.2, 0.25) is 16.9 Å². The average Bonchev–Trinajstić information content (AvgIpc) is 2.98. The largest absolute Gasteiger partial charge is 0.508 e. The molecule has 1 aliphatic carbocycles. The first kappa shape index (κ1) is 31.1. The van der Waals surface area contributed by atoms with E-state index in [0.29, 0.717) is 0 Å². The van der Waals surface area contributed by atoms with Gasteiger partial charge in [-0.2, -0.15) is 0 Å². The van der Waals surface area contributed by atoms with Crippen LogP contribution < -0.4 is 14.9 Å². The van der Waals surface area contributed by atoms with E-state index in [1.165, 1.54) is 13.2 Å². The van der Waals surface area contributed by atoms with E-state index in [2.05, 4.69) is 0 Å². The van der Waals surface area contributed by atoms with Crippen molar-refractivity contribution in [2.24, 2.45) is 5.92 Å². The fraction of sp³-hybridized carbons (Fsp3) is 0.267. The Morgan fingerprint density at radius 2 is 1.56 bits per heavy atom. The molecule has 3 aromatic carbocycles. The van der Waals surface area contributed by atoms with Crippen molar-refractivity contribution in [2.45, 2.75) is 30.8 Å². The van der Waals surface area contributed by atoms with E-state index in [1.807, 2.05) is 0 Å². The predicted octanol–water partition coefficient (Wildman–Crippen LogP) is 1.41. The SMILES string of the molecule is COc1c(O)cc(C(=O)O[C@H]2[C@H](O)[C@@H](O)[C@@H](CO)C[C@H]2Oc2c(-c3ccc(O)c(O)c3)oc3cc(O)cc(O)c3c2=O)cc1O. The highest BCUT2D eigenvalue weighted by Crippen LogP contribution is 2.41. The third kappa shape index (κ3) is 5.66. The molecule has 0 aliphatic heterocycles. The fourth-order valence-corrected chi connectivity index (χ4v) is 5.21. The van der Waals surface area contributed by atoms with E-state index in [-0.39, 0.29) is 34.6 Å². The van der Waals surface area contributed by atoms with Gasteiger partial charge in [0.05, 0.1) is 18.8 Å². The molecule has 5 rings (SSSR count). The molecule has 9 N–H and O–H groups in total. The highest BCUT2D eigenvalue weighted by molar-refractivity contribution is 5.91. The number of aromatic hydroxyl groups is 6. The summed E-state index contributed by atoms with van der Waals surface area (Å²) in [7, 11) is 1.17. The molecule has 1 aromatic heterocycles. The Balaban J connectivity index is 1.62. The van der Waals surface area contributed by atoms with Crippen molar-refractivity contribution in [1.29, 1.82) is 0 Å². The van der Waals surface area contributed by atoms with E-state index in [1.54, 1.807) is 0 Å². The van der Waals surface area contributed by atoms with Crippen molar-refractivity contribution in [3.05, 3.63) is 58.3 Å². The zero-order valence-corrected chi connectivity index (χ0v) is 23.3. The Morgan fingerprint density at radius 1 is 0.867 bits per heavy atom. The highest BCUT2D eigenvalue weighted by atomic mass is 16.6. The zero-order valence-electron chi connectivity index (χ0n) is 23.3. The van der Waals surface area contributed by atoms with Crippen LogP contribution in [0.4, 0.5) is 0 Å². The maximum Gasteiger partial charge on any atom is 0.338 e. The number of ether oxygens (including phenoxy) is 3. The molecule has 0 radical (unpaired) electrons. The van der Waals surface area contributed by atoms with E-state index in [4.69, 9.17) is 18.6 Å². The lowest BCUT2D eigenvalue weighted by atomic mass is 9.81. The number of benzene rings is 3. The van der Waals surface area contributed by atoms with Gasteiger partial charge < -0.3 is 64.6 Å². The minimum Gasteiger partial charge on any atom is -0.508 e. The van der Waals surface area contributed by atoms with Gasteiger partial charge in [0.1, 0.15) is 34.7 Å². The number of methoxy groups -OCH3 is 1. The summed E-state index contributed by atoms with van der Waals surface area (Å²) < 4.78 is 22.1. The van der Waals surface area contributed by atoms with Crippen LogP contribution in [0.3, 0.4) is 0 Å². The number of carbonyl (C=O) groups is 1. The third-order valence-electron chi connectivity index (χ3n) is 7.46. The fourth-order valence-electron chi connectivity index (χ4n) is 5.21. The number of hydrogen-bond donors (Lipinski definition) is 9. The van der Waals surface area contributed by atoms with Gasteiger partial charge in [-0.15, -0.1) is 0 Å². The number of esters is 1. The van der Waals surface area contributed by atoms with Crippen molar-refractivity contribution < 1.29 is 69.4 Å². The minimum atomic E-state index is -1.88. The van der Waals surface area contributed by atoms with Crippen LogP contribution in [0.15, 0.2) is 51.7 Å². The molecule has 0 amide bonds. The Hall–Kier alpha value is -5.38. The maximum absolute atomic E-state index is 13.8. The van der Waals surface area contributed by atoms with Crippen LogP contribution in [0.1, 0.15) is 16.8 Å². The normalized spacial score (nSPS) is 21.4. The van der Waals surface area contributed by atoms with Crippen LogP contribution in [0.25, 0.3) is 22.3 Å². The lowest BCUT2D eigenvalue weighted by Crippen LogP contribution is -2.57. The van der Waals surface area contributed by atoms with Crippen molar-refractivity contribution in [3.8, 4) is 57.3 Å². The summed E-state index contributed by atoms with van der Waals surface area (Å²) in [5, 5.41) is 91.7. The molecule has 15 nitrogen and oxygen atoms in total. The number of aliphatic hydroxyl groups excluding tert-OH is 3. The van der Waals surface area contributed by atoms with E-state index in [9.17, 15) is 55.5 Å². The first-order valence-corrected chi connectivity index (χ1v) is 13.3. The maximum atomic E-state index is 13.8. The topological polar surface area (TPSA) is 257 Å². The molecule has 45 heavy (non-hydrogen) atoms. The third-order valence-corrected chi connectivity index (χ3v) is 7.46. The van der Waals surface area contributed by atoms with E-state index >= 15 is 0 Å². The standard InChI is InChI=1S/C30H28O15/c1-42-27-18(36)5-12(6-19(27)37)30(41)45-28-21(7-13(10-31)23(38)25(28)40)44-29-24(39)22-17(35)8-14(32)9-20(22)43-26(29)11-2-3-15(33)16(34)4-11/h2-6,8-9,13,21,23,25,28,31-38,40H,7,10H2,1H3/t13-,21-,23+,25-,28-/m1/s1. The summed E-state index contributed by atoms with van der Waals surface area (Å²) in [5.41, 5.74) is -1.69. The second-order valence-electron chi connectivity index (χ2n) is 10.4. The van der Waals surface area contributed by atoms with Gasteiger partial charge >= 0.3 is 5.97 Å². The highest BCUT2D eigenvalue weighted by Gasteiger charge is 2.47. The molecule has 238 valence electrons. The Kier molecular flexibility index (Phi) is 8.25. The minimum absolute atomic E-state index is 0.0186. The number of carbonyl (C=O) groups excluding carboxylic acids is 1. The Labute approximate surface area is 252 Å². The van der Waals surface area contributed by atoms with Crippen molar-refractivity contribution >= 4 is 16.9 Å². The van der Waals surface area contributed by atoms with Crippen LogP contribution in [-0.2, 0) is 4.74 Å². The lowest BCUT2D eigenvalue weighted by Gasteiger charge is -2.41. The van der Waals surface area contributed by atoms with Gasteiger partial charge in [0.25, 0.3) is 0 Å². The molecule has 0 unspecified atom stereocenters. The Bertz CT molecular complexity index is 1810. The second-order valence-corrected chi connectivity index (χ2v) is 10.4. The predicted molar refractivity (Wildman–Crippen MR) is 152 cm³/mol. The molecule has 0 spiro atoms. The van der Waals surface area contributed by atoms with Crippen LogP contribution in [-0.4, -0.2) is 90.1 Å². The number of phenols is 6. The van der Waals surface area contributed by atoms with Gasteiger partial charge in [-0.25, -0.2) is 4.79 Å². The lowest BCUT2D eigenvalue weighted by molar-refractivity contribution is -0.159. The molecule has 1 saturated carbocycles. The summed E-state index contributed by atoms with van der Waals surface area (Å²) in [6.07, 6.45) is -7.02. The number of aliphatic hydroxyl groups is 3. The average molecular weight is 629 g/mol. The van der Waals surface area contributed by atoms with Crippen LogP contribution >= 0.6 is 0 Å². The van der Waals surface area contributed by atoms with Crippen molar-refractivity contribution in [3.63, 3.8) is 0 Å². The first-order chi connectivity index (χ1) is 21.3. The van der Waals surface area contributed by atoms with Crippen LogP contribution in [0.2, 0.25) is 0 Å². The molecule has 15 heteroatoms. The number of fused-ring (bicyclic) bond motifs is 1. The van der Waals surface area contributed by atoms with E-state index < -0.39 is 94.0 Å². The van der Waals surface area contributed by atoms with Crippen LogP contribution in [0.5, 0.6) is 46.0 Å². The summed E-state index contributed by atoms with van der Waals surface area (Å²) in [6, 6.07) is 7.13. The molecular formula is C30H28O15. The molecule has 1 aliphatic rings. The molecular weight excluding hydrogens is 600 g/mol. The van der Waals surface area contributed by atoms with Crippen molar-refractivity contribution in [1.82, 2.24) is 0 Å². The zero-order chi connectivity index (χ0) is 32.7.